The van der Waals surface area contributed by atoms with Crippen LogP contribution in [0.25, 0.3) is 0 Å². The van der Waals surface area contributed by atoms with E-state index in [1.54, 1.807) is 11.0 Å². The zero-order valence-electron chi connectivity index (χ0n) is 15.5. The maximum atomic E-state index is 13.9. The number of carboxylic acid groups (broad SMARTS) is 1. The SMILES string of the molecule is O=C(O)C1CCC(c2ccc(NC(=O)N3Cc4cccc(F)c4C3)cc2)CC1. The van der Waals surface area contributed by atoms with Crippen LogP contribution in [-0.2, 0) is 17.9 Å². The smallest absolute Gasteiger partial charge is 0.322 e. The van der Waals surface area contributed by atoms with Crippen molar-refractivity contribution in [2.45, 2.75) is 44.7 Å². The van der Waals surface area contributed by atoms with E-state index in [4.69, 9.17) is 5.11 Å². The Hall–Kier alpha value is -2.89. The minimum atomic E-state index is -0.694. The summed E-state index contributed by atoms with van der Waals surface area (Å²) < 4.78 is 13.9. The molecule has 2 aromatic rings. The molecule has 5 nitrogen and oxygen atoms in total. The Balaban J connectivity index is 1.34. The molecule has 4 rings (SSSR count). The van der Waals surface area contributed by atoms with Crippen molar-refractivity contribution >= 4 is 17.7 Å². The standard InChI is InChI=1S/C22H23FN2O3/c23-20-3-1-2-17-12-25(13-19(17)20)22(28)24-18-10-8-15(9-11-18)14-4-6-16(7-5-14)21(26)27/h1-3,8-11,14,16H,4-7,12-13H2,(H,24,28)(H,26,27). The van der Waals surface area contributed by atoms with Gasteiger partial charge in [0.1, 0.15) is 5.82 Å². The predicted octanol–water partition coefficient (Wildman–Crippen LogP) is 4.73. The first kappa shape index (κ1) is 18.5. The number of benzene rings is 2. The van der Waals surface area contributed by atoms with E-state index in [0.29, 0.717) is 36.6 Å². The molecule has 1 aliphatic heterocycles. The van der Waals surface area contributed by atoms with E-state index in [2.05, 4.69) is 5.32 Å². The Bertz CT molecular complexity index is 889. The number of aliphatic carboxylic acids is 1. The third-order valence-electron chi connectivity index (χ3n) is 5.92. The van der Waals surface area contributed by atoms with Gasteiger partial charge >= 0.3 is 12.0 Å². The van der Waals surface area contributed by atoms with Gasteiger partial charge in [-0.05, 0) is 60.9 Å². The molecule has 6 heteroatoms. The topological polar surface area (TPSA) is 69.6 Å². The fraction of sp³-hybridized carbons (Fsp3) is 0.364. The number of carbonyl (C=O) groups excluding carboxylic acids is 1. The summed E-state index contributed by atoms with van der Waals surface area (Å²) in [6.07, 6.45) is 3.18. The number of anilines is 1. The van der Waals surface area contributed by atoms with E-state index < -0.39 is 5.97 Å². The molecule has 1 fully saturated rings. The van der Waals surface area contributed by atoms with Crippen LogP contribution in [0.4, 0.5) is 14.9 Å². The Morgan fingerprint density at radius 3 is 2.36 bits per heavy atom. The van der Waals surface area contributed by atoms with Crippen molar-refractivity contribution in [2.75, 3.05) is 5.32 Å². The van der Waals surface area contributed by atoms with Gasteiger partial charge in [0.25, 0.3) is 0 Å². The van der Waals surface area contributed by atoms with Crippen molar-refractivity contribution in [3.8, 4) is 0 Å². The second-order valence-corrected chi connectivity index (χ2v) is 7.67. The summed E-state index contributed by atoms with van der Waals surface area (Å²) in [4.78, 5) is 25.2. The van der Waals surface area contributed by atoms with Gasteiger partial charge in [-0.3, -0.25) is 4.79 Å². The lowest BCUT2D eigenvalue weighted by Gasteiger charge is -2.26. The summed E-state index contributed by atoms with van der Waals surface area (Å²) in [5, 5.41) is 12.0. The van der Waals surface area contributed by atoms with Crippen LogP contribution in [-0.4, -0.2) is 22.0 Å². The van der Waals surface area contributed by atoms with Gasteiger partial charge in [-0.1, -0.05) is 24.3 Å². The lowest BCUT2D eigenvalue weighted by Crippen LogP contribution is -2.30. The molecular formula is C22H23FN2O3. The maximum Gasteiger partial charge on any atom is 0.322 e. The van der Waals surface area contributed by atoms with E-state index in [1.165, 1.54) is 11.6 Å². The molecule has 146 valence electrons. The molecule has 1 heterocycles. The molecule has 2 aromatic carbocycles. The molecule has 0 aromatic heterocycles. The lowest BCUT2D eigenvalue weighted by atomic mass is 9.79. The minimum absolute atomic E-state index is 0.218. The summed E-state index contributed by atoms with van der Waals surface area (Å²) in [6.45, 7) is 0.683. The third-order valence-corrected chi connectivity index (χ3v) is 5.92. The number of hydrogen-bond donors (Lipinski definition) is 2. The number of carbonyl (C=O) groups is 2. The number of carboxylic acids is 1. The lowest BCUT2D eigenvalue weighted by molar-refractivity contribution is -0.142. The number of halogens is 1. The van der Waals surface area contributed by atoms with Gasteiger partial charge in [-0.25, -0.2) is 9.18 Å². The quantitative estimate of drug-likeness (QED) is 0.806. The Labute approximate surface area is 163 Å². The first-order valence-corrected chi connectivity index (χ1v) is 9.66. The third kappa shape index (κ3) is 3.72. The Kier molecular flexibility index (Phi) is 5.03. The summed E-state index contributed by atoms with van der Waals surface area (Å²) in [7, 11) is 0. The molecular weight excluding hydrogens is 359 g/mol. The maximum absolute atomic E-state index is 13.9. The van der Waals surface area contributed by atoms with Crippen molar-refractivity contribution in [1.82, 2.24) is 4.90 Å². The Morgan fingerprint density at radius 1 is 1.00 bits per heavy atom. The normalized spacial score (nSPS) is 21.2. The van der Waals surface area contributed by atoms with Gasteiger partial charge in [0.15, 0.2) is 0 Å². The van der Waals surface area contributed by atoms with Crippen molar-refractivity contribution in [2.24, 2.45) is 5.92 Å². The fourth-order valence-corrected chi connectivity index (χ4v) is 4.24. The summed E-state index contributed by atoms with van der Waals surface area (Å²) in [5.74, 6) is -0.809. The molecule has 0 bridgehead atoms. The van der Waals surface area contributed by atoms with E-state index in [1.807, 2.05) is 30.3 Å². The van der Waals surface area contributed by atoms with Gasteiger partial charge < -0.3 is 15.3 Å². The van der Waals surface area contributed by atoms with E-state index in [0.717, 1.165) is 18.4 Å². The molecule has 2 aliphatic rings. The van der Waals surface area contributed by atoms with Gasteiger partial charge in [0.2, 0.25) is 0 Å². The highest BCUT2D eigenvalue weighted by molar-refractivity contribution is 5.89. The zero-order chi connectivity index (χ0) is 19.7. The second-order valence-electron chi connectivity index (χ2n) is 7.67. The van der Waals surface area contributed by atoms with Crippen LogP contribution in [0.5, 0.6) is 0 Å². The van der Waals surface area contributed by atoms with Gasteiger partial charge in [0, 0.05) is 17.8 Å². The number of hydrogen-bond acceptors (Lipinski definition) is 2. The molecule has 0 radical (unpaired) electrons. The molecule has 1 saturated carbocycles. The largest absolute Gasteiger partial charge is 0.481 e. The Morgan fingerprint density at radius 2 is 1.71 bits per heavy atom. The monoisotopic (exact) mass is 382 g/mol. The van der Waals surface area contributed by atoms with Crippen LogP contribution in [0, 0.1) is 11.7 Å². The van der Waals surface area contributed by atoms with Crippen molar-refractivity contribution < 1.29 is 19.1 Å². The molecule has 0 atom stereocenters. The highest BCUT2D eigenvalue weighted by Crippen LogP contribution is 2.36. The number of fused-ring (bicyclic) bond motifs is 1. The van der Waals surface area contributed by atoms with Gasteiger partial charge in [-0.2, -0.15) is 0 Å². The van der Waals surface area contributed by atoms with Gasteiger partial charge in [0.05, 0.1) is 12.5 Å². The molecule has 1 aliphatic carbocycles. The number of nitrogens with zero attached hydrogens (tertiary/aromatic N) is 1. The van der Waals surface area contributed by atoms with Crippen LogP contribution >= 0.6 is 0 Å². The molecule has 0 saturated heterocycles. The highest BCUT2D eigenvalue weighted by Gasteiger charge is 2.27. The van der Waals surface area contributed by atoms with Crippen LogP contribution in [0.2, 0.25) is 0 Å². The first-order chi connectivity index (χ1) is 13.5. The first-order valence-electron chi connectivity index (χ1n) is 9.66. The van der Waals surface area contributed by atoms with E-state index in [9.17, 15) is 14.0 Å². The van der Waals surface area contributed by atoms with E-state index >= 15 is 0 Å². The number of nitrogens with one attached hydrogen (secondary N) is 1. The second kappa shape index (κ2) is 7.62. The average Bonchev–Trinajstić information content (AvgIpc) is 3.15. The van der Waals surface area contributed by atoms with Crippen LogP contribution in [0.1, 0.15) is 48.3 Å². The fourth-order valence-electron chi connectivity index (χ4n) is 4.24. The molecule has 0 unspecified atom stereocenters. The summed E-state index contributed by atoms with van der Waals surface area (Å²) >= 11 is 0. The van der Waals surface area contributed by atoms with Crippen LogP contribution in [0.3, 0.4) is 0 Å². The molecule has 0 spiro atoms. The van der Waals surface area contributed by atoms with E-state index in [-0.39, 0.29) is 24.3 Å². The number of urea groups is 1. The van der Waals surface area contributed by atoms with Crippen molar-refractivity contribution in [3.05, 3.63) is 65.0 Å². The zero-order valence-corrected chi connectivity index (χ0v) is 15.5. The average molecular weight is 382 g/mol. The predicted molar refractivity (Wildman–Crippen MR) is 103 cm³/mol. The number of rotatable bonds is 3. The highest BCUT2D eigenvalue weighted by atomic mass is 19.1. The molecule has 28 heavy (non-hydrogen) atoms. The molecule has 2 amide bonds. The number of amides is 2. The van der Waals surface area contributed by atoms with Crippen molar-refractivity contribution in [1.29, 1.82) is 0 Å². The van der Waals surface area contributed by atoms with Gasteiger partial charge in [-0.15, -0.1) is 0 Å². The summed E-state index contributed by atoms with van der Waals surface area (Å²) in [6, 6.07) is 12.4. The minimum Gasteiger partial charge on any atom is -0.481 e. The summed E-state index contributed by atoms with van der Waals surface area (Å²) in [5.41, 5.74) is 3.31. The van der Waals surface area contributed by atoms with Crippen molar-refractivity contribution in [3.63, 3.8) is 0 Å². The van der Waals surface area contributed by atoms with Crippen LogP contribution < -0.4 is 5.32 Å². The molecule has 2 N–H and O–H groups in total. The van der Waals surface area contributed by atoms with Crippen LogP contribution in [0.15, 0.2) is 42.5 Å².